The maximum absolute atomic E-state index is 12.7. The van der Waals surface area contributed by atoms with Crippen LogP contribution in [-0.2, 0) is 23.8 Å². The highest BCUT2D eigenvalue weighted by Gasteiger charge is 2.31. The molecular formula is C19H27NO6. The largest absolute Gasteiger partial charge is 0.469 e. The van der Waals surface area contributed by atoms with Crippen LogP contribution >= 0.6 is 0 Å². The molecule has 0 saturated heterocycles. The van der Waals surface area contributed by atoms with Gasteiger partial charge in [-0.15, -0.1) is 0 Å². The molecule has 0 bridgehead atoms. The topological polar surface area (TPSA) is 82.1 Å². The number of nitrogens with zero attached hydrogens (tertiary/aromatic N) is 1. The summed E-state index contributed by atoms with van der Waals surface area (Å²) in [5, 5.41) is 0. The molecule has 0 spiro atoms. The molecule has 1 unspecified atom stereocenters. The number of amides is 1. The van der Waals surface area contributed by atoms with E-state index in [-0.39, 0.29) is 19.4 Å². The van der Waals surface area contributed by atoms with Gasteiger partial charge in [-0.3, -0.25) is 14.5 Å². The van der Waals surface area contributed by atoms with Crippen LogP contribution in [0.25, 0.3) is 0 Å². The zero-order chi connectivity index (χ0) is 19.7. The van der Waals surface area contributed by atoms with Gasteiger partial charge < -0.3 is 14.2 Å². The maximum atomic E-state index is 12.7. The summed E-state index contributed by atoms with van der Waals surface area (Å²) in [7, 11) is 2.57. The third kappa shape index (κ3) is 7.13. The average molecular weight is 365 g/mol. The molecule has 1 aromatic carbocycles. The molecular weight excluding hydrogens is 338 g/mol. The predicted molar refractivity (Wildman–Crippen MR) is 95.4 cm³/mol. The highest BCUT2D eigenvalue weighted by Crippen LogP contribution is 2.27. The number of esters is 2. The molecule has 0 N–H and O–H groups in total. The monoisotopic (exact) mass is 365 g/mol. The summed E-state index contributed by atoms with van der Waals surface area (Å²) in [5.74, 6) is -0.922. The van der Waals surface area contributed by atoms with E-state index in [4.69, 9.17) is 9.47 Å². The molecule has 26 heavy (non-hydrogen) atoms. The van der Waals surface area contributed by atoms with Crippen LogP contribution in [0.1, 0.15) is 45.2 Å². The lowest BCUT2D eigenvalue weighted by atomic mass is 10.0. The molecule has 144 valence electrons. The Morgan fingerprint density at radius 1 is 1.00 bits per heavy atom. The number of hydrogen-bond donors (Lipinski definition) is 0. The fraction of sp³-hybridized carbons (Fsp3) is 0.526. The summed E-state index contributed by atoms with van der Waals surface area (Å²) in [5.41, 5.74) is 0.0289. The van der Waals surface area contributed by atoms with E-state index in [0.29, 0.717) is 0 Å². The van der Waals surface area contributed by atoms with Gasteiger partial charge in [-0.2, -0.15) is 0 Å². The SMILES string of the molecule is COC(=O)CCN(C(=O)OC(C)(C)C)C(CC(=O)OC)c1ccccc1. The zero-order valence-electron chi connectivity index (χ0n) is 16.0. The molecule has 0 aliphatic rings. The van der Waals surface area contributed by atoms with E-state index in [0.717, 1.165) is 5.56 Å². The lowest BCUT2D eigenvalue weighted by Crippen LogP contribution is -2.41. The quantitative estimate of drug-likeness (QED) is 0.545. The first-order chi connectivity index (χ1) is 12.2. The molecule has 1 atom stereocenters. The number of benzene rings is 1. The minimum absolute atomic E-state index is 0.0136. The average Bonchev–Trinajstić information content (AvgIpc) is 2.59. The van der Waals surface area contributed by atoms with E-state index in [2.05, 4.69) is 4.74 Å². The lowest BCUT2D eigenvalue weighted by molar-refractivity contribution is -0.142. The first kappa shape index (κ1) is 21.5. The lowest BCUT2D eigenvalue weighted by Gasteiger charge is -2.33. The summed E-state index contributed by atoms with van der Waals surface area (Å²) in [6.45, 7) is 5.31. The Kier molecular flexibility index (Phi) is 8.09. The third-order valence-corrected chi connectivity index (χ3v) is 3.56. The Hall–Kier alpha value is -2.57. The van der Waals surface area contributed by atoms with Gasteiger partial charge in [-0.1, -0.05) is 30.3 Å². The highest BCUT2D eigenvalue weighted by molar-refractivity contribution is 5.75. The van der Waals surface area contributed by atoms with Crippen LogP contribution in [0.2, 0.25) is 0 Å². The Morgan fingerprint density at radius 2 is 1.58 bits per heavy atom. The molecule has 0 aromatic heterocycles. The van der Waals surface area contributed by atoms with Crippen molar-refractivity contribution in [1.82, 2.24) is 4.90 Å². The van der Waals surface area contributed by atoms with E-state index < -0.39 is 29.7 Å². The minimum atomic E-state index is -0.715. The summed E-state index contributed by atoms with van der Waals surface area (Å²) in [6, 6.07) is 8.46. The van der Waals surface area contributed by atoms with E-state index >= 15 is 0 Å². The van der Waals surface area contributed by atoms with Crippen LogP contribution < -0.4 is 0 Å². The second-order valence-corrected chi connectivity index (χ2v) is 6.71. The van der Waals surface area contributed by atoms with Crippen LogP contribution in [0.5, 0.6) is 0 Å². The van der Waals surface area contributed by atoms with Crippen molar-refractivity contribution in [3.05, 3.63) is 35.9 Å². The van der Waals surface area contributed by atoms with Crippen molar-refractivity contribution < 1.29 is 28.6 Å². The minimum Gasteiger partial charge on any atom is -0.469 e. The molecule has 0 heterocycles. The van der Waals surface area contributed by atoms with Crippen molar-refractivity contribution in [3.8, 4) is 0 Å². The van der Waals surface area contributed by atoms with Crippen molar-refractivity contribution in [1.29, 1.82) is 0 Å². The van der Waals surface area contributed by atoms with Crippen molar-refractivity contribution in [2.45, 2.75) is 45.3 Å². The van der Waals surface area contributed by atoms with Gasteiger partial charge in [0.2, 0.25) is 0 Å². The smallest absolute Gasteiger partial charge is 0.410 e. The standard InChI is InChI=1S/C19H27NO6/c1-19(2,3)26-18(23)20(12-11-16(21)24-4)15(13-17(22)25-5)14-9-7-6-8-10-14/h6-10,15H,11-13H2,1-5H3. The molecule has 0 fully saturated rings. The number of methoxy groups -OCH3 is 2. The molecule has 0 aliphatic carbocycles. The molecule has 7 heteroatoms. The van der Waals surface area contributed by atoms with Gasteiger partial charge in [0.1, 0.15) is 5.60 Å². The van der Waals surface area contributed by atoms with Gasteiger partial charge in [0.05, 0.1) is 33.1 Å². The number of ether oxygens (including phenoxy) is 3. The summed E-state index contributed by atoms with van der Waals surface area (Å²) < 4.78 is 14.9. The predicted octanol–water partition coefficient (Wildman–Crippen LogP) is 3.09. The molecule has 0 aliphatic heterocycles. The second-order valence-electron chi connectivity index (χ2n) is 6.71. The number of rotatable bonds is 7. The molecule has 1 rings (SSSR count). The van der Waals surface area contributed by atoms with Gasteiger partial charge in [-0.05, 0) is 26.3 Å². The van der Waals surface area contributed by atoms with E-state index in [1.807, 2.05) is 30.3 Å². The number of hydrogen-bond acceptors (Lipinski definition) is 6. The number of carbonyl (C=O) groups excluding carboxylic acids is 3. The van der Waals surface area contributed by atoms with Crippen molar-refractivity contribution in [2.24, 2.45) is 0 Å². The fourth-order valence-corrected chi connectivity index (χ4v) is 2.33. The first-order valence-electron chi connectivity index (χ1n) is 8.36. The Labute approximate surface area is 154 Å². The summed E-state index contributed by atoms with van der Waals surface area (Å²) in [4.78, 5) is 37.6. The van der Waals surface area contributed by atoms with Gasteiger partial charge in [0.25, 0.3) is 0 Å². The normalized spacial score (nSPS) is 12.0. The second kappa shape index (κ2) is 9.79. The molecule has 1 aromatic rings. The Balaban J connectivity index is 3.18. The van der Waals surface area contributed by atoms with E-state index in [9.17, 15) is 14.4 Å². The van der Waals surface area contributed by atoms with Gasteiger partial charge in [0.15, 0.2) is 0 Å². The van der Waals surface area contributed by atoms with Crippen molar-refractivity contribution >= 4 is 18.0 Å². The van der Waals surface area contributed by atoms with Crippen LogP contribution in [0.3, 0.4) is 0 Å². The van der Waals surface area contributed by atoms with Crippen molar-refractivity contribution in [2.75, 3.05) is 20.8 Å². The fourth-order valence-electron chi connectivity index (χ4n) is 2.33. The van der Waals surface area contributed by atoms with Crippen LogP contribution in [0.4, 0.5) is 4.79 Å². The Bertz CT molecular complexity index is 608. The first-order valence-corrected chi connectivity index (χ1v) is 8.36. The molecule has 0 saturated carbocycles. The summed E-state index contributed by atoms with van der Waals surface area (Å²) >= 11 is 0. The van der Waals surface area contributed by atoms with E-state index in [1.54, 1.807) is 20.8 Å². The Morgan fingerprint density at radius 3 is 2.08 bits per heavy atom. The van der Waals surface area contributed by atoms with Crippen LogP contribution in [-0.4, -0.2) is 49.3 Å². The van der Waals surface area contributed by atoms with Gasteiger partial charge in [-0.25, -0.2) is 4.79 Å². The third-order valence-electron chi connectivity index (χ3n) is 3.56. The maximum Gasteiger partial charge on any atom is 0.410 e. The zero-order valence-corrected chi connectivity index (χ0v) is 16.0. The number of carbonyl (C=O) groups is 3. The van der Waals surface area contributed by atoms with Gasteiger partial charge in [0, 0.05) is 6.54 Å². The molecule has 7 nitrogen and oxygen atoms in total. The van der Waals surface area contributed by atoms with Crippen molar-refractivity contribution in [3.63, 3.8) is 0 Å². The van der Waals surface area contributed by atoms with Gasteiger partial charge >= 0.3 is 18.0 Å². The molecule has 1 amide bonds. The molecule has 0 radical (unpaired) electrons. The highest BCUT2D eigenvalue weighted by atomic mass is 16.6. The van der Waals surface area contributed by atoms with Crippen LogP contribution in [0.15, 0.2) is 30.3 Å². The van der Waals surface area contributed by atoms with E-state index in [1.165, 1.54) is 19.1 Å². The summed E-state index contributed by atoms with van der Waals surface area (Å²) in [6.07, 6.45) is -0.680. The van der Waals surface area contributed by atoms with Crippen LogP contribution in [0, 0.1) is 0 Å².